The predicted molar refractivity (Wildman–Crippen MR) is 147 cm³/mol. The zero-order valence-electron chi connectivity index (χ0n) is 20.8. The number of nitrogens with zero attached hydrogens (tertiary/aromatic N) is 2. The Bertz CT molecular complexity index is 1440. The second-order valence-electron chi connectivity index (χ2n) is 9.19. The fourth-order valence-electron chi connectivity index (χ4n) is 4.64. The van der Waals surface area contributed by atoms with E-state index in [1.165, 1.54) is 0 Å². The number of nitrogens with one attached hydrogen (secondary N) is 1. The van der Waals surface area contributed by atoms with Crippen LogP contribution in [-0.2, 0) is 38.2 Å². The number of aryl methyl sites for hydroxylation is 2. The lowest BCUT2D eigenvalue weighted by atomic mass is 9.99. The van der Waals surface area contributed by atoms with Gasteiger partial charge in [0.25, 0.3) is 0 Å². The molecule has 38 heavy (non-hydrogen) atoms. The van der Waals surface area contributed by atoms with Crippen molar-refractivity contribution in [3.63, 3.8) is 0 Å². The summed E-state index contributed by atoms with van der Waals surface area (Å²) in [7, 11) is -4.09. The van der Waals surface area contributed by atoms with E-state index >= 15 is 0 Å². The summed E-state index contributed by atoms with van der Waals surface area (Å²) >= 11 is 0. The summed E-state index contributed by atoms with van der Waals surface area (Å²) in [6, 6.07) is 20.8. The van der Waals surface area contributed by atoms with Gasteiger partial charge in [0.05, 0.1) is 17.1 Å². The number of nitrogen functional groups attached to an aromatic ring is 1. The number of amides is 1. The van der Waals surface area contributed by atoms with Gasteiger partial charge in [0.1, 0.15) is 12.4 Å². The second kappa shape index (κ2) is 11.5. The minimum absolute atomic E-state index is 0.0294. The highest BCUT2D eigenvalue weighted by Crippen LogP contribution is 2.39. The monoisotopic (exact) mass is 534 g/mol. The Morgan fingerprint density at radius 3 is 2.34 bits per heavy atom. The van der Waals surface area contributed by atoms with Crippen LogP contribution >= 0.6 is 0 Å². The summed E-state index contributed by atoms with van der Waals surface area (Å²) in [6.07, 6.45) is 2.00. The molecule has 198 valence electrons. The first-order valence-corrected chi connectivity index (χ1v) is 13.9. The minimum atomic E-state index is -4.09. The van der Waals surface area contributed by atoms with Crippen LogP contribution in [-0.4, -0.2) is 44.3 Å². The number of fused-ring (bicyclic) bond motifs is 1. The van der Waals surface area contributed by atoms with Gasteiger partial charge >= 0.3 is 5.97 Å². The molecule has 1 aliphatic heterocycles. The number of carbonyl (C=O) groups excluding carboxylic acids is 1. The first-order valence-electron chi connectivity index (χ1n) is 12.3. The molecule has 1 amide bonds. The Labute approximate surface area is 222 Å². The number of nitrogens with two attached hydrogens (primary N) is 1. The molecule has 0 radical (unpaired) electrons. The van der Waals surface area contributed by atoms with Gasteiger partial charge in [-0.1, -0.05) is 66.7 Å². The predicted octanol–water partition coefficient (Wildman–Crippen LogP) is 3.30. The highest BCUT2D eigenvalue weighted by atomic mass is 32.2. The van der Waals surface area contributed by atoms with Crippen LogP contribution in [0.25, 0.3) is 0 Å². The molecule has 0 spiro atoms. The third-order valence-electron chi connectivity index (χ3n) is 6.46. The molecule has 4 rings (SSSR count). The van der Waals surface area contributed by atoms with Crippen LogP contribution in [0.15, 0.2) is 72.8 Å². The second-order valence-corrected chi connectivity index (χ2v) is 11.1. The zero-order chi connectivity index (χ0) is 27.3. The molecule has 1 aliphatic rings. The smallest absolute Gasteiger partial charge is 0.324 e. The Hall–Kier alpha value is -4.18. The van der Waals surface area contributed by atoms with Crippen LogP contribution < -0.4 is 14.9 Å². The fraction of sp³-hybridized carbons (Fsp3) is 0.250. The molecule has 0 aliphatic carbocycles. The van der Waals surface area contributed by atoms with Crippen molar-refractivity contribution in [3.05, 3.63) is 95.1 Å². The lowest BCUT2D eigenvalue weighted by Gasteiger charge is -2.35. The number of anilines is 2. The number of rotatable bonds is 10. The van der Waals surface area contributed by atoms with Gasteiger partial charge in [-0.3, -0.25) is 19.3 Å². The molecule has 0 unspecified atom stereocenters. The molecular weight excluding hydrogens is 504 g/mol. The van der Waals surface area contributed by atoms with Crippen molar-refractivity contribution < 1.29 is 23.1 Å². The maximum Gasteiger partial charge on any atom is 0.324 e. The third-order valence-corrected chi connectivity index (χ3v) is 8.16. The first kappa shape index (κ1) is 26.9. The van der Waals surface area contributed by atoms with Crippen molar-refractivity contribution in [2.45, 2.75) is 31.4 Å². The van der Waals surface area contributed by atoms with Gasteiger partial charge in [-0.05, 0) is 42.0 Å². The summed E-state index contributed by atoms with van der Waals surface area (Å²) in [4.78, 5) is 26.8. The van der Waals surface area contributed by atoms with Crippen LogP contribution in [0.2, 0.25) is 0 Å². The molecule has 0 fully saturated rings. The van der Waals surface area contributed by atoms with Crippen molar-refractivity contribution >= 4 is 39.1 Å². The quantitative estimate of drug-likeness (QED) is 0.269. The molecule has 3 aromatic rings. The highest BCUT2D eigenvalue weighted by Gasteiger charge is 2.32. The average molecular weight is 535 g/mol. The van der Waals surface area contributed by atoms with Crippen molar-refractivity contribution in [2.75, 3.05) is 22.3 Å². The molecular formula is C28H30N4O5S. The molecule has 4 N–H and O–H groups in total. The normalized spacial score (nSPS) is 13.0. The number of carbonyl (C=O) groups is 2. The van der Waals surface area contributed by atoms with Crippen molar-refractivity contribution in [1.29, 1.82) is 5.41 Å². The van der Waals surface area contributed by atoms with Crippen LogP contribution in [0.1, 0.15) is 35.1 Å². The standard InChI is InChI=1S/C28H30N4O5S/c29-28(30)23-14-11-20(12-15-23)13-16-25(33)31-17-5-9-22-8-4-10-24(27(22)31)32(18-26(34)35)38(36,37)19-21-6-2-1-3-7-21/h1-4,6-8,10-12,14-15H,5,9,13,16-19H2,(H3,29,30)(H,34,35). The zero-order valence-corrected chi connectivity index (χ0v) is 21.7. The van der Waals surface area contributed by atoms with Gasteiger partial charge in [-0.2, -0.15) is 0 Å². The maximum absolute atomic E-state index is 13.5. The van der Waals surface area contributed by atoms with Crippen molar-refractivity contribution in [1.82, 2.24) is 0 Å². The lowest BCUT2D eigenvalue weighted by molar-refractivity contribution is -0.135. The molecule has 0 atom stereocenters. The molecule has 3 aromatic carbocycles. The van der Waals surface area contributed by atoms with E-state index in [-0.39, 0.29) is 29.6 Å². The van der Waals surface area contributed by atoms with Gasteiger partial charge in [0.15, 0.2) is 0 Å². The van der Waals surface area contributed by atoms with Gasteiger partial charge in [0, 0.05) is 18.5 Å². The number of sulfonamides is 1. The summed E-state index contributed by atoms with van der Waals surface area (Å²) in [5.74, 6) is -1.86. The molecule has 1 heterocycles. The van der Waals surface area contributed by atoms with Gasteiger partial charge < -0.3 is 15.7 Å². The number of carboxylic acids is 1. The van der Waals surface area contributed by atoms with Crippen molar-refractivity contribution in [2.24, 2.45) is 5.73 Å². The van der Waals surface area contributed by atoms with Crippen LogP contribution in [0.4, 0.5) is 11.4 Å². The van der Waals surface area contributed by atoms with E-state index in [0.29, 0.717) is 42.6 Å². The Balaban J connectivity index is 1.64. The molecule has 10 heteroatoms. The number of carboxylic acid groups (broad SMARTS) is 1. The van der Waals surface area contributed by atoms with E-state index in [4.69, 9.17) is 11.1 Å². The van der Waals surface area contributed by atoms with Gasteiger partial charge in [-0.15, -0.1) is 0 Å². The van der Waals surface area contributed by atoms with Gasteiger partial charge in [0.2, 0.25) is 15.9 Å². The average Bonchev–Trinajstić information content (AvgIpc) is 2.90. The van der Waals surface area contributed by atoms with Crippen molar-refractivity contribution in [3.8, 4) is 0 Å². The maximum atomic E-state index is 13.5. The number of hydrogen-bond acceptors (Lipinski definition) is 5. The Morgan fingerprint density at radius 1 is 0.974 bits per heavy atom. The summed E-state index contributed by atoms with van der Waals surface area (Å²) in [6.45, 7) is -0.345. The summed E-state index contributed by atoms with van der Waals surface area (Å²) in [5, 5.41) is 17.1. The van der Waals surface area contributed by atoms with Crippen LogP contribution in [0.5, 0.6) is 0 Å². The van der Waals surface area contributed by atoms with Gasteiger partial charge in [-0.25, -0.2) is 8.42 Å². The van der Waals surface area contributed by atoms with E-state index in [1.807, 2.05) is 18.2 Å². The summed E-state index contributed by atoms with van der Waals surface area (Å²) < 4.78 is 27.9. The van der Waals surface area contributed by atoms with E-state index in [9.17, 15) is 23.1 Å². The SMILES string of the molecule is N=C(N)c1ccc(CCC(=O)N2CCCc3cccc(N(CC(=O)O)S(=O)(=O)Cc4ccccc4)c32)cc1. The van der Waals surface area contributed by atoms with Crippen LogP contribution in [0, 0.1) is 5.41 Å². The number of amidine groups is 1. The van der Waals surface area contributed by atoms with E-state index < -0.39 is 22.5 Å². The molecule has 0 bridgehead atoms. The Morgan fingerprint density at radius 2 is 1.68 bits per heavy atom. The summed E-state index contributed by atoms with van der Waals surface area (Å²) in [5.41, 5.74) is 9.01. The minimum Gasteiger partial charge on any atom is -0.480 e. The topological polar surface area (TPSA) is 145 Å². The highest BCUT2D eigenvalue weighted by molar-refractivity contribution is 7.92. The van der Waals surface area contributed by atoms with Crippen LogP contribution in [0.3, 0.4) is 0 Å². The molecule has 9 nitrogen and oxygen atoms in total. The molecule has 0 saturated heterocycles. The number of aliphatic carboxylic acids is 1. The number of benzene rings is 3. The molecule has 0 aromatic heterocycles. The lowest BCUT2D eigenvalue weighted by Crippen LogP contribution is -2.41. The van der Waals surface area contributed by atoms with E-state index in [1.54, 1.807) is 59.5 Å². The van der Waals surface area contributed by atoms with E-state index in [0.717, 1.165) is 15.4 Å². The largest absolute Gasteiger partial charge is 0.480 e. The Kier molecular flexibility index (Phi) is 8.11. The number of hydrogen-bond donors (Lipinski definition) is 3. The van der Waals surface area contributed by atoms with E-state index in [2.05, 4.69) is 0 Å². The number of para-hydroxylation sites is 1. The fourth-order valence-corrected chi connectivity index (χ4v) is 6.16. The first-order chi connectivity index (χ1) is 18.2. The third kappa shape index (κ3) is 6.20. The molecule has 0 saturated carbocycles.